The van der Waals surface area contributed by atoms with E-state index in [0.29, 0.717) is 6.61 Å². The summed E-state index contributed by atoms with van der Waals surface area (Å²) in [6.45, 7) is 4.37. The zero-order valence-corrected chi connectivity index (χ0v) is 24.1. The lowest BCUT2D eigenvalue weighted by Gasteiger charge is -2.11. The lowest BCUT2D eigenvalue weighted by atomic mass is 10.1. The third kappa shape index (κ3) is 5.95. The Balaban J connectivity index is 0.00000323. The van der Waals surface area contributed by atoms with E-state index in [1.165, 1.54) is 50.8 Å². The number of nitrogens with zero attached hydrogens (tertiary/aromatic N) is 2. The van der Waals surface area contributed by atoms with Crippen molar-refractivity contribution in [2.45, 2.75) is 39.5 Å². The summed E-state index contributed by atoms with van der Waals surface area (Å²) in [6, 6.07) is 36.4. The number of aryl methyl sites for hydroxylation is 3. The van der Waals surface area contributed by atoms with Gasteiger partial charge in [0.25, 0.3) is 0 Å². The van der Waals surface area contributed by atoms with Gasteiger partial charge in [-0.3, -0.25) is 0 Å². The molecule has 0 amide bonds. The van der Waals surface area contributed by atoms with Crippen molar-refractivity contribution in [1.29, 1.82) is 0 Å². The first-order valence-corrected chi connectivity index (χ1v) is 13.6. The van der Waals surface area contributed by atoms with Crippen molar-refractivity contribution in [3.8, 4) is 5.75 Å². The van der Waals surface area contributed by atoms with E-state index in [4.69, 9.17) is 4.74 Å². The second-order valence-corrected chi connectivity index (χ2v) is 10.1. The second kappa shape index (κ2) is 12.5. The molecule has 0 aliphatic rings. The van der Waals surface area contributed by atoms with Crippen molar-refractivity contribution in [1.82, 2.24) is 4.57 Å². The summed E-state index contributed by atoms with van der Waals surface area (Å²) in [5.41, 5.74) is 7.28. The summed E-state index contributed by atoms with van der Waals surface area (Å²) in [4.78, 5) is 0. The van der Waals surface area contributed by atoms with Gasteiger partial charge in [-0.05, 0) is 48.2 Å². The summed E-state index contributed by atoms with van der Waals surface area (Å²) < 4.78 is 24.3. The summed E-state index contributed by atoms with van der Waals surface area (Å²) in [5, 5.41) is 2.49. The van der Waals surface area contributed by atoms with E-state index in [1.54, 1.807) is 12.1 Å². The van der Waals surface area contributed by atoms with Crippen molar-refractivity contribution in [2.24, 2.45) is 0 Å². The number of halogens is 2. The third-order valence-electron chi connectivity index (χ3n) is 7.47. The van der Waals surface area contributed by atoms with Gasteiger partial charge in [-0.25, -0.2) is 4.39 Å². The minimum absolute atomic E-state index is 0. The van der Waals surface area contributed by atoms with E-state index in [-0.39, 0.29) is 22.8 Å². The normalized spacial score (nSPS) is 11.1. The molecular formula is C35H32BrFN2O. The fourth-order valence-electron chi connectivity index (χ4n) is 5.43. The molecule has 0 bridgehead atoms. The molecule has 0 radical (unpaired) electrons. The highest BCUT2D eigenvalue weighted by Gasteiger charge is 2.20. The summed E-state index contributed by atoms with van der Waals surface area (Å²) in [5.74, 6) is 0.578. The van der Waals surface area contributed by atoms with Crippen molar-refractivity contribution in [3.63, 3.8) is 0 Å². The van der Waals surface area contributed by atoms with E-state index >= 15 is 0 Å². The van der Waals surface area contributed by atoms with Crippen LogP contribution in [0.4, 0.5) is 4.39 Å². The molecule has 0 aliphatic heterocycles. The number of fused-ring (bicyclic) bond motifs is 3. The lowest BCUT2D eigenvalue weighted by Crippen LogP contribution is -3.00. The standard InChI is InChI=1S/C35H32FN2O.BrH/c1-26-35-33(20-22-37(26)24-28-11-6-3-7-12-28)32-19-18-31(39-25-29-14-16-30(36)17-15-29)23-34(32)38(35)21-8-13-27-9-4-2-5-10-27;/h2-7,9-12,14-20,22-23H,8,13,21,24-25H2,1H3;1H/q+1;/p-1. The van der Waals surface area contributed by atoms with Gasteiger partial charge in [-0.15, -0.1) is 0 Å². The van der Waals surface area contributed by atoms with Gasteiger partial charge in [0.15, 0.2) is 12.7 Å². The molecule has 3 nitrogen and oxygen atoms in total. The zero-order valence-electron chi connectivity index (χ0n) is 22.6. The Morgan fingerprint density at radius 3 is 2.17 bits per heavy atom. The van der Waals surface area contributed by atoms with Crippen LogP contribution >= 0.6 is 0 Å². The Morgan fingerprint density at radius 2 is 1.45 bits per heavy atom. The molecule has 0 aliphatic carbocycles. The van der Waals surface area contributed by atoms with Gasteiger partial charge in [-0.2, -0.15) is 4.57 Å². The van der Waals surface area contributed by atoms with Crippen LogP contribution in [-0.4, -0.2) is 4.57 Å². The molecule has 2 heterocycles. The van der Waals surface area contributed by atoms with Crippen LogP contribution in [0.2, 0.25) is 0 Å². The minimum Gasteiger partial charge on any atom is -1.00 e. The quantitative estimate of drug-likeness (QED) is 0.220. The Hall–Kier alpha value is -3.96. The maximum Gasteiger partial charge on any atom is 0.203 e. The molecular weight excluding hydrogens is 563 g/mol. The molecule has 0 saturated heterocycles. The average Bonchev–Trinajstić information content (AvgIpc) is 3.29. The number of rotatable bonds is 9. The van der Waals surface area contributed by atoms with Gasteiger partial charge in [0.05, 0.1) is 5.52 Å². The smallest absolute Gasteiger partial charge is 0.203 e. The topological polar surface area (TPSA) is 18.0 Å². The van der Waals surface area contributed by atoms with Gasteiger partial charge in [0, 0.05) is 41.9 Å². The van der Waals surface area contributed by atoms with Crippen molar-refractivity contribution in [2.75, 3.05) is 0 Å². The van der Waals surface area contributed by atoms with Gasteiger partial charge in [-0.1, -0.05) is 72.8 Å². The van der Waals surface area contributed by atoms with Crippen LogP contribution in [-0.2, 0) is 26.1 Å². The third-order valence-corrected chi connectivity index (χ3v) is 7.47. The first-order valence-electron chi connectivity index (χ1n) is 13.6. The van der Waals surface area contributed by atoms with Gasteiger partial charge in [0.1, 0.15) is 23.7 Å². The minimum atomic E-state index is -0.236. The Labute approximate surface area is 245 Å². The summed E-state index contributed by atoms with van der Waals surface area (Å²) in [6.07, 6.45) is 4.27. The molecule has 5 heteroatoms. The number of hydrogen-bond acceptors (Lipinski definition) is 1. The monoisotopic (exact) mass is 594 g/mol. The van der Waals surface area contributed by atoms with Crippen LogP contribution in [0.15, 0.2) is 115 Å². The van der Waals surface area contributed by atoms with Crippen molar-refractivity contribution in [3.05, 3.63) is 144 Å². The maximum absolute atomic E-state index is 13.3. The number of benzene rings is 4. The van der Waals surface area contributed by atoms with E-state index < -0.39 is 0 Å². The zero-order chi connectivity index (χ0) is 26.6. The van der Waals surface area contributed by atoms with Gasteiger partial charge >= 0.3 is 0 Å². The first kappa shape index (κ1) is 27.6. The molecule has 0 atom stereocenters. The predicted molar refractivity (Wildman–Crippen MR) is 155 cm³/mol. The largest absolute Gasteiger partial charge is 1.00 e. The maximum atomic E-state index is 13.3. The highest BCUT2D eigenvalue weighted by Crippen LogP contribution is 2.33. The number of ether oxygens (including phenoxy) is 1. The number of aromatic nitrogens is 2. The van der Waals surface area contributed by atoms with E-state index in [0.717, 1.165) is 37.2 Å². The summed E-state index contributed by atoms with van der Waals surface area (Å²) >= 11 is 0. The Bertz CT molecular complexity index is 1710. The highest BCUT2D eigenvalue weighted by molar-refractivity contribution is 6.08. The molecule has 0 fully saturated rings. The number of pyridine rings is 1. The second-order valence-electron chi connectivity index (χ2n) is 10.1. The van der Waals surface area contributed by atoms with Crippen LogP contribution in [0.25, 0.3) is 21.8 Å². The molecule has 4 aromatic carbocycles. The Kier molecular flexibility index (Phi) is 8.61. The fraction of sp³-hybridized carbons (Fsp3) is 0.171. The predicted octanol–water partition coefficient (Wildman–Crippen LogP) is 4.79. The molecule has 202 valence electrons. The van der Waals surface area contributed by atoms with Gasteiger partial charge < -0.3 is 26.3 Å². The average molecular weight is 596 g/mol. The molecule has 0 saturated carbocycles. The van der Waals surface area contributed by atoms with Crippen LogP contribution in [0.3, 0.4) is 0 Å². The fourth-order valence-corrected chi connectivity index (χ4v) is 5.43. The van der Waals surface area contributed by atoms with Crippen LogP contribution in [0, 0.1) is 12.7 Å². The summed E-state index contributed by atoms with van der Waals surface area (Å²) in [7, 11) is 0. The van der Waals surface area contributed by atoms with E-state index in [9.17, 15) is 4.39 Å². The Morgan fingerprint density at radius 1 is 0.750 bits per heavy atom. The molecule has 40 heavy (non-hydrogen) atoms. The lowest BCUT2D eigenvalue weighted by molar-refractivity contribution is -0.693. The highest BCUT2D eigenvalue weighted by atomic mass is 79.9. The molecule has 2 aromatic heterocycles. The van der Waals surface area contributed by atoms with Crippen molar-refractivity contribution >= 4 is 21.8 Å². The molecule has 0 unspecified atom stereocenters. The van der Waals surface area contributed by atoms with Crippen molar-refractivity contribution < 1.29 is 30.7 Å². The molecule has 0 spiro atoms. The van der Waals surface area contributed by atoms with Crippen LogP contribution in [0.1, 0.15) is 28.8 Å². The van der Waals surface area contributed by atoms with Crippen LogP contribution in [0.5, 0.6) is 5.75 Å². The van der Waals surface area contributed by atoms with E-state index in [1.807, 2.05) is 6.07 Å². The molecule has 6 rings (SSSR count). The SMILES string of the molecule is Cc1c2c(cc[n+]1Cc1ccccc1)c1ccc(OCc3ccc(F)cc3)cc1n2CCCc1ccccc1.[Br-]. The molecule has 6 aromatic rings. The first-order chi connectivity index (χ1) is 19.2. The van der Waals surface area contributed by atoms with E-state index in [2.05, 4.69) is 101 Å². The van der Waals surface area contributed by atoms with Crippen LogP contribution < -0.4 is 26.3 Å². The molecule has 0 N–H and O–H groups in total. The van der Waals surface area contributed by atoms with Gasteiger partial charge in [0.2, 0.25) is 5.69 Å². The number of hydrogen-bond donors (Lipinski definition) is 0.